The molecule has 0 spiro atoms. The summed E-state index contributed by atoms with van der Waals surface area (Å²) in [5.41, 5.74) is 1.70. The van der Waals surface area contributed by atoms with Crippen molar-refractivity contribution in [1.29, 1.82) is 5.26 Å². The average Bonchev–Trinajstić information content (AvgIpc) is 2.88. The van der Waals surface area contributed by atoms with E-state index in [1.165, 1.54) is 18.1 Å². The fourth-order valence-corrected chi connectivity index (χ4v) is 4.26. The van der Waals surface area contributed by atoms with Crippen molar-refractivity contribution in [1.82, 2.24) is 19.8 Å². The zero-order valence-electron chi connectivity index (χ0n) is 21.1. The molecule has 2 aromatic heterocycles. The van der Waals surface area contributed by atoms with Crippen LogP contribution < -0.4 is 15.5 Å². The smallest absolute Gasteiger partial charge is 0.328 e. The number of carbonyl (C=O) groups excluding carboxylic acids is 3. The number of ether oxygens (including phenoxy) is 1. The summed E-state index contributed by atoms with van der Waals surface area (Å²) in [6.45, 7) is 1.93. The molecule has 12 nitrogen and oxygen atoms in total. The van der Waals surface area contributed by atoms with E-state index in [2.05, 4.69) is 26.7 Å². The van der Waals surface area contributed by atoms with Crippen molar-refractivity contribution in [3.63, 3.8) is 0 Å². The molecule has 3 amide bonds. The molecule has 1 saturated heterocycles. The number of anilines is 3. The Labute approximate surface area is 215 Å². The summed E-state index contributed by atoms with van der Waals surface area (Å²) < 4.78 is 5.41. The normalized spacial score (nSPS) is 19.5. The van der Waals surface area contributed by atoms with Gasteiger partial charge < -0.3 is 15.0 Å². The molecule has 2 N–H and O–H groups in total. The van der Waals surface area contributed by atoms with Gasteiger partial charge in [0.25, 0.3) is 0 Å². The molecule has 0 radical (unpaired) electrons. The van der Waals surface area contributed by atoms with Crippen LogP contribution >= 0.6 is 0 Å². The van der Waals surface area contributed by atoms with Crippen molar-refractivity contribution in [2.75, 3.05) is 56.4 Å². The molecule has 0 bridgehead atoms. The first-order valence-corrected chi connectivity index (χ1v) is 12.0. The first kappa shape index (κ1) is 26.0. The number of hydrogen-bond donors (Lipinski definition) is 2. The zero-order chi connectivity index (χ0) is 26.5. The van der Waals surface area contributed by atoms with Crippen molar-refractivity contribution in [2.24, 2.45) is 0 Å². The molecule has 0 aromatic carbocycles. The number of likely N-dealkylation sites (N-methyl/N-ethyl adjacent to an activating group) is 1. The van der Waals surface area contributed by atoms with Crippen molar-refractivity contribution < 1.29 is 19.1 Å². The maximum atomic E-state index is 12.9. The summed E-state index contributed by atoms with van der Waals surface area (Å²) >= 11 is 0. The Bertz CT molecular complexity index is 1230. The SMILES string of the molecule is COC1CCC1Nc1cc(NC(=O)N(C)c2ccc(CN3CCN(C)CC3=O)c(C=O)n2)ncc1C#N. The highest BCUT2D eigenvalue weighted by Gasteiger charge is 2.31. The van der Waals surface area contributed by atoms with Crippen LogP contribution in [0.1, 0.15) is 34.5 Å². The van der Waals surface area contributed by atoms with Gasteiger partial charge in [-0.1, -0.05) is 6.07 Å². The highest BCUT2D eigenvalue weighted by molar-refractivity contribution is 6.00. The summed E-state index contributed by atoms with van der Waals surface area (Å²) in [4.78, 5) is 50.4. The van der Waals surface area contributed by atoms with E-state index in [1.807, 2.05) is 11.9 Å². The van der Waals surface area contributed by atoms with Crippen LogP contribution in [0.25, 0.3) is 0 Å². The van der Waals surface area contributed by atoms with Gasteiger partial charge in [-0.3, -0.25) is 24.7 Å². The Morgan fingerprint density at radius 1 is 1.35 bits per heavy atom. The number of amides is 3. The Balaban J connectivity index is 1.44. The molecule has 12 heteroatoms. The lowest BCUT2D eigenvalue weighted by Crippen LogP contribution is -2.48. The predicted molar refractivity (Wildman–Crippen MR) is 136 cm³/mol. The highest BCUT2D eigenvalue weighted by Crippen LogP contribution is 2.29. The van der Waals surface area contributed by atoms with Gasteiger partial charge in [0.2, 0.25) is 5.91 Å². The number of aldehydes is 1. The largest absolute Gasteiger partial charge is 0.379 e. The summed E-state index contributed by atoms with van der Waals surface area (Å²) in [5.74, 6) is 0.509. The molecule has 194 valence electrons. The molecule has 1 aliphatic heterocycles. The molecule has 37 heavy (non-hydrogen) atoms. The van der Waals surface area contributed by atoms with E-state index in [4.69, 9.17) is 4.74 Å². The third-order valence-corrected chi connectivity index (χ3v) is 6.74. The van der Waals surface area contributed by atoms with Crippen molar-refractivity contribution >= 4 is 35.5 Å². The van der Waals surface area contributed by atoms with Crippen molar-refractivity contribution in [3.8, 4) is 6.07 Å². The second-order valence-corrected chi connectivity index (χ2v) is 9.20. The maximum absolute atomic E-state index is 12.9. The number of nitriles is 1. The third kappa shape index (κ3) is 5.84. The van der Waals surface area contributed by atoms with E-state index >= 15 is 0 Å². The van der Waals surface area contributed by atoms with Gasteiger partial charge in [-0.05, 0) is 26.0 Å². The number of piperazine rings is 1. The van der Waals surface area contributed by atoms with Gasteiger partial charge in [0.05, 0.1) is 29.9 Å². The molecular weight excluding hydrogens is 476 g/mol. The molecule has 2 aromatic rings. The van der Waals surface area contributed by atoms with E-state index in [-0.39, 0.29) is 41.9 Å². The molecule has 2 atom stereocenters. The van der Waals surface area contributed by atoms with Crippen LogP contribution in [-0.2, 0) is 16.1 Å². The van der Waals surface area contributed by atoms with E-state index < -0.39 is 6.03 Å². The molecular formula is C25H30N8O4. The highest BCUT2D eigenvalue weighted by atomic mass is 16.5. The van der Waals surface area contributed by atoms with E-state index in [1.54, 1.807) is 30.2 Å². The fourth-order valence-electron chi connectivity index (χ4n) is 4.26. The van der Waals surface area contributed by atoms with Crippen LogP contribution in [0.2, 0.25) is 0 Å². The Kier molecular flexibility index (Phi) is 7.95. The Morgan fingerprint density at radius 3 is 2.81 bits per heavy atom. The minimum Gasteiger partial charge on any atom is -0.379 e. The van der Waals surface area contributed by atoms with Crippen LogP contribution in [0.5, 0.6) is 0 Å². The van der Waals surface area contributed by atoms with Crippen LogP contribution in [-0.4, -0.2) is 91.0 Å². The molecule has 2 fully saturated rings. The van der Waals surface area contributed by atoms with Crippen LogP contribution in [0, 0.1) is 11.3 Å². The van der Waals surface area contributed by atoms with Gasteiger partial charge in [-0.2, -0.15) is 5.26 Å². The molecule has 3 heterocycles. The number of hydrogen-bond acceptors (Lipinski definition) is 9. The van der Waals surface area contributed by atoms with E-state index in [0.717, 1.165) is 19.4 Å². The van der Waals surface area contributed by atoms with Gasteiger partial charge in [-0.15, -0.1) is 0 Å². The van der Waals surface area contributed by atoms with Gasteiger partial charge in [0, 0.05) is 51.6 Å². The van der Waals surface area contributed by atoms with Crippen molar-refractivity contribution in [2.45, 2.75) is 31.5 Å². The minimum absolute atomic E-state index is 0.00926. The lowest BCUT2D eigenvalue weighted by atomic mass is 9.88. The van der Waals surface area contributed by atoms with Gasteiger partial charge >= 0.3 is 6.03 Å². The number of pyridine rings is 2. The fraction of sp³-hybridized carbons (Fsp3) is 0.440. The summed E-state index contributed by atoms with van der Waals surface area (Å²) in [5, 5.41) is 15.4. The average molecular weight is 507 g/mol. The van der Waals surface area contributed by atoms with Crippen LogP contribution in [0.3, 0.4) is 0 Å². The second-order valence-electron chi connectivity index (χ2n) is 9.20. The minimum atomic E-state index is -0.520. The molecule has 2 aliphatic rings. The first-order valence-electron chi connectivity index (χ1n) is 12.0. The first-order chi connectivity index (χ1) is 17.8. The summed E-state index contributed by atoms with van der Waals surface area (Å²) in [6.07, 6.45) is 3.95. The lowest BCUT2D eigenvalue weighted by molar-refractivity contribution is -0.136. The second kappa shape index (κ2) is 11.3. The molecule has 4 rings (SSSR count). The van der Waals surface area contributed by atoms with Crippen LogP contribution in [0.15, 0.2) is 24.4 Å². The number of nitrogens with zero attached hydrogens (tertiary/aromatic N) is 6. The molecule has 1 saturated carbocycles. The van der Waals surface area contributed by atoms with E-state index in [9.17, 15) is 19.6 Å². The number of rotatable bonds is 8. The third-order valence-electron chi connectivity index (χ3n) is 6.74. The summed E-state index contributed by atoms with van der Waals surface area (Å²) in [6, 6.07) is 6.60. The number of urea groups is 1. The lowest BCUT2D eigenvalue weighted by Gasteiger charge is -2.36. The van der Waals surface area contributed by atoms with E-state index in [0.29, 0.717) is 36.2 Å². The Hall–Kier alpha value is -4.08. The number of nitrogens with one attached hydrogen (secondary N) is 2. The number of aromatic nitrogens is 2. The molecule has 1 aliphatic carbocycles. The van der Waals surface area contributed by atoms with Crippen LogP contribution in [0.4, 0.5) is 22.1 Å². The molecule has 2 unspecified atom stereocenters. The van der Waals surface area contributed by atoms with Gasteiger partial charge in [-0.25, -0.2) is 14.8 Å². The maximum Gasteiger partial charge on any atom is 0.328 e. The monoisotopic (exact) mass is 506 g/mol. The number of carbonyl (C=O) groups is 3. The zero-order valence-corrected chi connectivity index (χ0v) is 21.1. The Morgan fingerprint density at radius 2 is 2.16 bits per heavy atom. The van der Waals surface area contributed by atoms with Gasteiger partial charge in [0.15, 0.2) is 6.29 Å². The topological polar surface area (TPSA) is 144 Å². The summed E-state index contributed by atoms with van der Waals surface area (Å²) in [7, 11) is 5.07. The predicted octanol–water partition coefficient (Wildman–Crippen LogP) is 1.69. The number of methoxy groups -OCH3 is 1. The van der Waals surface area contributed by atoms with Gasteiger partial charge in [0.1, 0.15) is 23.4 Å². The van der Waals surface area contributed by atoms with Crippen molar-refractivity contribution in [3.05, 3.63) is 41.2 Å². The standard InChI is InChI=1S/C25H30N8O4/c1-31-8-9-33(24(35)14-31)13-16-4-7-23(29-20(16)15-34)32(2)25(36)30-22-10-19(17(11-26)12-27-22)28-18-5-6-21(18)37-3/h4,7,10,12,15,18,21H,5-6,8-9,13-14H2,1-3H3,(H2,27,28,30,36). The quantitative estimate of drug-likeness (QED) is 0.511.